The van der Waals surface area contributed by atoms with Gasteiger partial charge in [-0.2, -0.15) is 5.26 Å². The molecule has 2 unspecified atom stereocenters. The number of benzene rings is 2. The predicted molar refractivity (Wildman–Crippen MR) is 156 cm³/mol. The number of carbonyl (C=O) groups is 3. The van der Waals surface area contributed by atoms with Gasteiger partial charge in [-0.25, -0.2) is 18.4 Å². The van der Waals surface area contributed by atoms with Crippen LogP contribution in [-0.4, -0.2) is 53.0 Å². The zero-order valence-electron chi connectivity index (χ0n) is 24.9. The minimum absolute atomic E-state index is 0.0137. The Balaban J connectivity index is 1.34. The molecule has 234 valence electrons. The highest BCUT2D eigenvalue weighted by Gasteiger charge is 2.77. The summed E-state index contributed by atoms with van der Waals surface area (Å²) in [5, 5.41) is 20.8. The molecule has 45 heavy (non-hydrogen) atoms. The van der Waals surface area contributed by atoms with Crippen LogP contribution in [0.15, 0.2) is 78.4 Å². The Kier molecular flexibility index (Phi) is 7.44. The summed E-state index contributed by atoms with van der Waals surface area (Å²) in [7, 11) is 0. The van der Waals surface area contributed by atoms with Gasteiger partial charge in [0.05, 0.1) is 11.7 Å². The van der Waals surface area contributed by atoms with Gasteiger partial charge in [-0.1, -0.05) is 31.2 Å². The van der Waals surface area contributed by atoms with Crippen molar-refractivity contribution in [2.75, 3.05) is 6.61 Å². The van der Waals surface area contributed by atoms with Gasteiger partial charge in [0.15, 0.2) is 18.1 Å². The lowest BCUT2D eigenvalue weighted by Crippen LogP contribution is -2.70. The zero-order valence-corrected chi connectivity index (χ0v) is 24.9. The lowest BCUT2D eigenvalue weighted by atomic mass is 9.44. The zero-order chi connectivity index (χ0) is 32.2. The second-order valence-electron chi connectivity index (χ2n) is 12.8. The van der Waals surface area contributed by atoms with Crippen molar-refractivity contribution in [1.82, 2.24) is 0 Å². The van der Waals surface area contributed by atoms with Crippen molar-refractivity contribution in [1.29, 1.82) is 5.26 Å². The fourth-order valence-electron chi connectivity index (χ4n) is 8.45. The van der Waals surface area contributed by atoms with E-state index in [0.717, 1.165) is 6.08 Å². The molecule has 10 heteroatoms. The minimum atomic E-state index is -2.37. The van der Waals surface area contributed by atoms with Gasteiger partial charge in [0.1, 0.15) is 23.7 Å². The number of para-hydroxylation sites is 1. The normalized spacial score (nSPS) is 36.4. The van der Waals surface area contributed by atoms with Crippen LogP contribution in [0.3, 0.4) is 0 Å². The minimum Gasteiger partial charge on any atom is -0.457 e. The van der Waals surface area contributed by atoms with Gasteiger partial charge in [-0.3, -0.25) is 4.79 Å². The molecule has 3 fully saturated rings. The molecule has 4 aliphatic carbocycles. The molecule has 0 aliphatic heterocycles. The van der Waals surface area contributed by atoms with Crippen LogP contribution in [0, 0.1) is 34.0 Å². The van der Waals surface area contributed by atoms with Gasteiger partial charge in [-0.15, -0.1) is 0 Å². The van der Waals surface area contributed by atoms with E-state index in [2.05, 4.69) is 0 Å². The Hall–Kier alpha value is -4.36. The second-order valence-corrected chi connectivity index (χ2v) is 12.8. The maximum absolute atomic E-state index is 17.5. The number of halogens is 2. The number of aliphatic hydroxyl groups excluding tert-OH is 1. The molecule has 6 rings (SSSR count). The highest BCUT2D eigenvalue weighted by atomic mass is 19.1. The van der Waals surface area contributed by atoms with E-state index in [1.54, 1.807) is 37.3 Å². The highest BCUT2D eigenvalue weighted by molar-refractivity contribution is 6.01. The van der Waals surface area contributed by atoms with Gasteiger partial charge in [0, 0.05) is 16.7 Å². The van der Waals surface area contributed by atoms with Crippen LogP contribution in [0.5, 0.6) is 11.5 Å². The first kappa shape index (κ1) is 30.7. The summed E-state index contributed by atoms with van der Waals surface area (Å²) in [6, 6.07) is 16.9. The van der Waals surface area contributed by atoms with Gasteiger partial charge in [-0.05, 0) is 92.6 Å². The molecule has 0 amide bonds. The monoisotopic (exact) mass is 617 g/mol. The Bertz CT molecular complexity index is 1640. The van der Waals surface area contributed by atoms with Crippen LogP contribution in [0.4, 0.5) is 8.78 Å². The number of fused-ring (bicyclic) bond motifs is 5. The van der Waals surface area contributed by atoms with Crippen molar-refractivity contribution < 1.29 is 42.5 Å². The van der Waals surface area contributed by atoms with Crippen molar-refractivity contribution in [2.24, 2.45) is 22.7 Å². The first-order chi connectivity index (χ1) is 21.4. The van der Waals surface area contributed by atoms with Crippen LogP contribution < -0.4 is 4.74 Å². The van der Waals surface area contributed by atoms with E-state index in [1.807, 2.05) is 18.2 Å². The predicted octanol–water partition coefficient (Wildman–Crippen LogP) is 5.76. The van der Waals surface area contributed by atoms with E-state index < -0.39 is 70.5 Å². The van der Waals surface area contributed by atoms with E-state index in [1.165, 1.54) is 31.2 Å². The van der Waals surface area contributed by atoms with Crippen molar-refractivity contribution in [3.8, 4) is 17.6 Å². The van der Waals surface area contributed by atoms with Crippen LogP contribution in [0.25, 0.3) is 0 Å². The quantitative estimate of drug-likeness (QED) is 0.406. The van der Waals surface area contributed by atoms with Gasteiger partial charge < -0.3 is 19.3 Å². The van der Waals surface area contributed by atoms with Crippen LogP contribution in [-0.2, 0) is 19.1 Å². The fourth-order valence-corrected chi connectivity index (χ4v) is 8.45. The maximum atomic E-state index is 17.5. The number of ether oxygens (including phenoxy) is 3. The number of carbonyl (C=O) groups excluding carboxylic acids is 3. The summed E-state index contributed by atoms with van der Waals surface area (Å²) >= 11 is 0. The molecule has 0 bridgehead atoms. The molecule has 0 radical (unpaired) electrons. The van der Waals surface area contributed by atoms with Gasteiger partial charge >= 0.3 is 11.9 Å². The van der Waals surface area contributed by atoms with Crippen molar-refractivity contribution >= 4 is 17.7 Å². The molecule has 0 heterocycles. The number of esters is 2. The van der Waals surface area contributed by atoms with Crippen molar-refractivity contribution in [3.63, 3.8) is 0 Å². The number of hydrogen-bond donors (Lipinski definition) is 1. The van der Waals surface area contributed by atoms with E-state index in [9.17, 15) is 19.5 Å². The summed E-state index contributed by atoms with van der Waals surface area (Å²) in [5.41, 5.74) is -7.25. The first-order valence-corrected chi connectivity index (χ1v) is 15.0. The Morgan fingerprint density at radius 3 is 2.44 bits per heavy atom. The molecule has 8 nitrogen and oxygen atoms in total. The Labute approximate surface area is 259 Å². The molecule has 0 aromatic heterocycles. The number of allylic oxidation sites excluding steroid dienone is 4. The van der Waals surface area contributed by atoms with E-state index >= 15 is 8.78 Å². The molecular formula is C35H33F2NO7. The molecule has 4 aliphatic rings. The molecule has 2 aromatic carbocycles. The number of nitriles is 1. The lowest BCUT2D eigenvalue weighted by molar-refractivity contribution is -0.228. The molecule has 2 aromatic rings. The topological polar surface area (TPSA) is 123 Å². The Morgan fingerprint density at radius 2 is 1.76 bits per heavy atom. The molecular weight excluding hydrogens is 584 g/mol. The van der Waals surface area contributed by atoms with Crippen LogP contribution >= 0.6 is 0 Å². The third-order valence-electron chi connectivity index (χ3n) is 10.7. The lowest BCUT2D eigenvalue weighted by Gasteiger charge is -2.62. The molecule has 1 N–H and O–H groups in total. The average Bonchev–Trinajstić information content (AvgIpc) is 3.31. The third-order valence-corrected chi connectivity index (χ3v) is 10.7. The molecule has 0 saturated heterocycles. The van der Waals surface area contributed by atoms with Gasteiger partial charge in [0.2, 0.25) is 5.60 Å². The molecule has 8 atom stereocenters. The molecule has 0 spiro atoms. The number of alkyl halides is 2. The highest BCUT2D eigenvalue weighted by Crippen LogP contribution is 2.70. The summed E-state index contributed by atoms with van der Waals surface area (Å²) in [5.74, 6) is -3.02. The van der Waals surface area contributed by atoms with E-state index in [4.69, 9.17) is 19.5 Å². The summed E-state index contributed by atoms with van der Waals surface area (Å²) in [4.78, 5) is 39.5. The van der Waals surface area contributed by atoms with Crippen molar-refractivity contribution in [2.45, 2.75) is 63.1 Å². The fraction of sp³-hybridized carbons (Fsp3) is 0.429. The number of aliphatic hydroxyl groups is 1. The summed E-state index contributed by atoms with van der Waals surface area (Å²) in [6.45, 7) is 2.51. The number of nitrogens with zero attached hydrogens (tertiary/aromatic N) is 1. The van der Waals surface area contributed by atoms with Gasteiger partial charge in [0.25, 0.3) is 0 Å². The second kappa shape index (κ2) is 10.9. The van der Waals surface area contributed by atoms with Crippen LogP contribution in [0.1, 0.15) is 49.9 Å². The third kappa shape index (κ3) is 4.51. The Morgan fingerprint density at radius 1 is 1.07 bits per heavy atom. The summed E-state index contributed by atoms with van der Waals surface area (Å²) < 4.78 is 50.4. The first-order valence-electron chi connectivity index (χ1n) is 15.0. The molecule has 3 saturated carbocycles. The number of hydrogen-bond acceptors (Lipinski definition) is 8. The number of rotatable bonds is 6. The van der Waals surface area contributed by atoms with E-state index in [-0.39, 0.29) is 36.8 Å². The summed E-state index contributed by atoms with van der Waals surface area (Å²) in [6.07, 6.45) is -0.281. The van der Waals surface area contributed by atoms with Crippen molar-refractivity contribution in [3.05, 3.63) is 84.0 Å². The number of ketones is 1. The average molecular weight is 618 g/mol. The standard InChI is InChI=1S/C35H33F2NO7/c1-32-14-12-22(39)18-27(32)28(36)19-26-25-13-15-34(31(42)43-17-16-38,33(25,2)20-29(40)35(26,32)37)45-30(41)21-8-10-24(11-9-21)44-23-6-4-3-5-7-23/h3-12,14,18,25-26,28-29,40H,13,15,17,19-20H2,1-2H3/t25-,26-,28-,29-,32-,33-,34?,35?/m0/s1. The SMILES string of the molecule is C[C@]12C=CC(=O)C=C1[C@@H](F)C[C@H]1[C@@H]3CCC(OC(=O)c4ccc(Oc5ccccc5)cc4)(C(=O)OCC#N)[C@@]3(C)C[C@H](O)C12F. The maximum Gasteiger partial charge on any atom is 0.352 e. The van der Waals surface area contributed by atoms with Crippen LogP contribution in [0.2, 0.25) is 0 Å². The largest absolute Gasteiger partial charge is 0.457 e. The smallest absolute Gasteiger partial charge is 0.352 e. The van der Waals surface area contributed by atoms with E-state index in [0.29, 0.717) is 11.5 Å².